The maximum Gasteiger partial charge on any atom is 0.193 e. The minimum atomic E-state index is 0. The maximum absolute atomic E-state index is 6.09. The summed E-state index contributed by atoms with van der Waals surface area (Å²) >= 11 is 0. The van der Waals surface area contributed by atoms with Gasteiger partial charge in [-0.2, -0.15) is 0 Å². The Morgan fingerprint density at radius 2 is 1.92 bits per heavy atom. The van der Waals surface area contributed by atoms with Crippen molar-refractivity contribution in [2.45, 2.75) is 53.0 Å². The molecule has 4 nitrogen and oxygen atoms in total. The van der Waals surface area contributed by atoms with Gasteiger partial charge in [0.2, 0.25) is 0 Å². The van der Waals surface area contributed by atoms with Gasteiger partial charge in [-0.1, -0.05) is 13.0 Å². The van der Waals surface area contributed by atoms with Crippen molar-refractivity contribution in [3.8, 4) is 0 Å². The molecule has 136 valence electrons. The van der Waals surface area contributed by atoms with E-state index < -0.39 is 0 Å². The lowest BCUT2D eigenvalue weighted by Crippen LogP contribution is -2.51. The van der Waals surface area contributed by atoms with Gasteiger partial charge in [0.1, 0.15) is 0 Å². The van der Waals surface area contributed by atoms with E-state index >= 15 is 0 Å². The predicted molar refractivity (Wildman–Crippen MR) is 115 cm³/mol. The molecule has 24 heavy (non-hydrogen) atoms. The van der Waals surface area contributed by atoms with Gasteiger partial charge >= 0.3 is 0 Å². The van der Waals surface area contributed by atoms with Gasteiger partial charge in [-0.05, 0) is 76.3 Å². The van der Waals surface area contributed by atoms with Gasteiger partial charge in [-0.25, -0.2) is 0 Å². The molecule has 1 aliphatic rings. The van der Waals surface area contributed by atoms with Gasteiger partial charge in [-0.15, -0.1) is 24.0 Å². The van der Waals surface area contributed by atoms with Crippen molar-refractivity contribution >= 4 is 35.6 Å². The minimum Gasteiger partial charge on any atom is -0.370 e. The first-order valence-electron chi connectivity index (χ1n) is 8.66. The van der Waals surface area contributed by atoms with Crippen LogP contribution in [-0.4, -0.2) is 36.0 Å². The topological polar surface area (TPSA) is 53.6 Å². The van der Waals surface area contributed by atoms with Gasteiger partial charge in [0, 0.05) is 17.8 Å². The number of halogens is 1. The highest BCUT2D eigenvalue weighted by molar-refractivity contribution is 14.0. The van der Waals surface area contributed by atoms with Crippen LogP contribution in [0.3, 0.4) is 0 Å². The highest BCUT2D eigenvalue weighted by Gasteiger charge is 2.29. The molecule has 1 aromatic carbocycles. The summed E-state index contributed by atoms with van der Waals surface area (Å²) in [5.41, 5.74) is 9.59. The van der Waals surface area contributed by atoms with Crippen molar-refractivity contribution < 1.29 is 0 Å². The molecule has 0 radical (unpaired) electrons. The molecule has 1 heterocycles. The first kappa shape index (κ1) is 21.2. The van der Waals surface area contributed by atoms with Crippen LogP contribution in [-0.2, 0) is 0 Å². The highest BCUT2D eigenvalue weighted by Crippen LogP contribution is 2.24. The number of rotatable bonds is 4. The molecule has 5 heteroatoms. The van der Waals surface area contributed by atoms with Crippen molar-refractivity contribution in [1.82, 2.24) is 4.90 Å². The van der Waals surface area contributed by atoms with Crippen molar-refractivity contribution in [2.75, 3.05) is 25.0 Å². The number of piperidine rings is 1. The second-order valence-corrected chi connectivity index (χ2v) is 7.71. The van der Waals surface area contributed by atoms with Gasteiger partial charge in [0.25, 0.3) is 0 Å². The third-order valence-corrected chi connectivity index (χ3v) is 4.64. The van der Waals surface area contributed by atoms with Crippen LogP contribution in [0.5, 0.6) is 0 Å². The highest BCUT2D eigenvalue weighted by atomic mass is 127. The molecule has 3 N–H and O–H groups in total. The molecule has 1 saturated heterocycles. The Balaban J connectivity index is 0.00000288. The Morgan fingerprint density at radius 3 is 2.50 bits per heavy atom. The molecule has 1 aliphatic heterocycles. The number of nitrogens with one attached hydrogen (secondary N) is 1. The zero-order valence-corrected chi connectivity index (χ0v) is 18.1. The van der Waals surface area contributed by atoms with E-state index in [0.29, 0.717) is 12.5 Å². The number of anilines is 1. The summed E-state index contributed by atoms with van der Waals surface area (Å²) in [6.45, 7) is 14.1. The lowest BCUT2D eigenvalue weighted by atomic mass is 9.94. The molecule has 0 aromatic heterocycles. The summed E-state index contributed by atoms with van der Waals surface area (Å²) in [5.74, 6) is 1.27. The lowest BCUT2D eigenvalue weighted by molar-refractivity contribution is 0.0775. The lowest BCUT2D eigenvalue weighted by Gasteiger charge is -2.42. The number of likely N-dealkylation sites (tertiary alicyclic amines) is 1. The molecule has 0 amide bonds. The summed E-state index contributed by atoms with van der Waals surface area (Å²) in [6.07, 6.45) is 2.62. The normalized spacial score (nSPS) is 19.7. The number of hydrogen-bond donors (Lipinski definition) is 2. The van der Waals surface area contributed by atoms with Gasteiger partial charge < -0.3 is 11.1 Å². The molecule has 0 spiro atoms. The van der Waals surface area contributed by atoms with Crippen LogP contribution in [0.25, 0.3) is 0 Å². The first-order chi connectivity index (χ1) is 10.8. The molecule has 1 atom stereocenters. The van der Waals surface area contributed by atoms with Crippen LogP contribution >= 0.6 is 24.0 Å². The van der Waals surface area contributed by atoms with E-state index in [4.69, 9.17) is 5.73 Å². The number of nitrogens with two attached hydrogens (primary N) is 1. The zero-order chi connectivity index (χ0) is 17.0. The Morgan fingerprint density at radius 1 is 1.29 bits per heavy atom. The third kappa shape index (κ3) is 6.24. The maximum atomic E-state index is 6.09. The van der Waals surface area contributed by atoms with Crippen molar-refractivity contribution in [3.05, 3.63) is 29.3 Å². The molecule has 0 saturated carbocycles. The van der Waals surface area contributed by atoms with Crippen LogP contribution in [0.2, 0.25) is 0 Å². The number of hydrogen-bond acceptors (Lipinski definition) is 2. The van der Waals surface area contributed by atoms with Crippen LogP contribution in [0.1, 0.15) is 44.7 Å². The third-order valence-electron chi connectivity index (χ3n) is 4.64. The number of guanidine groups is 1. The van der Waals surface area contributed by atoms with E-state index in [9.17, 15) is 0 Å². The number of nitrogens with zero attached hydrogens (tertiary/aromatic N) is 2. The fourth-order valence-electron chi connectivity index (χ4n) is 3.35. The van der Waals surface area contributed by atoms with Crippen LogP contribution in [0, 0.1) is 19.8 Å². The van der Waals surface area contributed by atoms with E-state index in [1.807, 2.05) is 0 Å². The van der Waals surface area contributed by atoms with Crippen LogP contribution < -0.4 is 11.1 Å². The SMILES string of the molecule is Cc1cc(C)cc(NC(N)=NCC(C)(C)N2CCCC(C)C2)c1.I. The number of aliphatic imine (C=N–C) groups is 1. The molecule has 1 aromatic rings. The average molecular weight is 444 g/mol. The fourth-order valence-corrected chi connectivity index (χ4v) is 3.35. The summed E-state index contributed by atoms with van der Waals surface area (Å²) in [7, 11) is 0. The Hall–Kier alpha value is -0.820. The van der Waals surface area contributed by atoms with Gasteiger partial charge in [0.05, 0.1) is 6.54 Å². The monoisotopic (exact) mass is 444 g/mol. The minimum absolute atomic E-state index is 0. The molecule has 0 bridgehead atoms. The van der Waals surface area contributed by atoms with E-state index in [2.05, 4.69) is 68.0 Å². The Labute approximate surface area is 164 Å². The van der Waals surface area contributed by atoms with E-state index in [0.717, 1.165) is 24.7 Å². The molecule has 0 aliphatic carbocycles. The summed E-state index contributed by atoms with van der Waals surface area (Å²) < 4.78 is 0. The van der Waals surface area contributed by atoms with Crippen molar-refractivity contribution in [3.63, 3.8) is 0 Å². The van der Waals surface area contributed by atoms with Gasteiger partial charge in [-0.3, -0.25) is 9.89 Å². The molecule has 1 fully saturated rings. The number of aryl methyl sites for hydroxylation is 2. The molecular formula is C19H33IN4. The summed E-state index contributed by atoms with van der Waals surface area (Å²) in [5, 5.41) is 3.22. The van der Waals surface area contributed by atoms with Crippen molar-refractivity contribution in [1.29, 1.82) is 0 Å². The van der Waals surface area contributed by atoms with E-state index in [1.165, 1.54) is 24.0 Å². The summed E-state index contributed by atoms with van der Waals surface area (Å²) in [4.78, 5) is 7.14. The quantitative estimate of drug-likeness (QED) is 0.417. The fraction of sp³-hybridized carbons (Fsp3) is 0.632. The predicted octanol–water partition coefficient (Wildman–Crippen LogP) is 4.16. The van der Waals surface area contributed by atoms with Gasteiger partial charge in [0.15, 0.2) is 5.96 Å². The molecule has 2 rings (SSSR count). The smallest absolute Gasteiger partial charge is 0.193 e. The van der Waals surface area contributed by atoms with E-state index in [1.54, 1.807) is 0 Å². The van der Waals surface area contributed by atoms with Crippen LogP contribution in [0.15, 0.2) is 23.2 Å². The summed E-state index contributed by atoms with van der Waals surface area (Å²) in [6, 6.07) is 6.33. The second-order valence-electron chi connectivity index (χ2n) is 7.71. The number of benzene rings is 1. The standard InChI is InChI=1S/C19H32N4.HI/c1-14-7-6-8-23(12-14)19(4,5)13-21-18(20)22-17-10-15(2)9-16(3)11-17;/h9-11,14H,6-8,12-13H2,1-5H3,(H3,20,21,22);1H. The molecule has 1 unspecified atom stereocenters. The average Bonchev–Trinajstić information content (AvgIpc) is 2.44. The van der Waals surface area contributed by atoms with Crippen LogP contribution in [0.4, 0.5) is 5.69 Å². The molecular weight excluding hydrogens is 411 g/mol. The largest absolute Gasteiger partial charge is 0.370 e. The van der Waals surface area contributed by atoms with Crippen molar-refractivity contribution in [2.24, 2.45) is 16.6 Å². The van der Waals surface area contributed by atoms with E-state index in [-0.39, 0.29) is 29.5 Å². The first-order valence-corrected chi connectivity index (χ1v) is 8.66. The second kappa shape index (κ2) is 9.04. The Bertz CT molecular complexity index is 548. The zero-order valence-electron chi connectivity index (χ0n) is 15.7. The Kier molecular flexibility index (Phi) is 7.99.